The van der Waals surface area contributed by atoms with Gasteiger partial charge >= 0.3 is 5.97 Å². The van der Waals surface area contributed by atoms with Crippen LogP contribution in [0.1, 0.15) is 23.7 Å². The van der Waals surface area contributed by atoms with Gasteiger partial charge < -0.3 is 15.8 Å². The Balaban J connectivity index is 2.13. The molecule has 3 N–H and O–H groups in total. The van der Waals surface area contributed by atoms with Gasteiger partial charge in [-0.05, 0) is 31.5 Å². The van der Waals surface area contributed by atoms with E-state index in [-0.39, 0.29) is 29.7 Å². The molecule has 2 rings (SSSR count). The number of carbonyl (C=O) groups is 1. The summed E-state index contributed by atoms with van der Waals surface area (Å²) in [5.41, 5.74) is 7.05. The molecule has 110 valence electrons. The smallest absolute Gasteiger partial charge is 0.340 e. The minimum atomic E-state index is -2.94. The predicted octanol–water partition coefficient (Wildman–Crippen LogP) is 1.04. The van der Waals surface area contributed by atoms with E-state index >= 15 is 0 Å². The van der Waals surface area contributed by atoms with Crippen LogP contribution in [-0.2, 0) is 14.6 Å². The number of hydrogen-bond acceptors (Lipinski definition) is 6. The number of sulfone groups is 1. The number of esters is 1. The molecule has 1 aromatic carbocycles. The van der Waals surface area contributed by atoms with E-state index in [1.807, 2.05) is 0 Å². The Bertz CT molecular complexity index is 613. The van der Waals surface area contributed by atoms with Gasteiger partial charge in [0.25, 0.3) is 0 Å². The zero-order chi connectivity index (χ0) is 14.8. The number of ether oxygens (including phenoxy) is 1. The van der Waals surface area contributed by atoms with Crippen LogP contribution in [0.4, 0.5) is 11.4 Å². The lowest BCUT2D eigenvalue weighted by atomic mass is 10.1. The predicted molar refractivity (Wildman–Crippen MR) is 77.5 cm³/mol. The van der Waals surface area contributed by atoms with E-state index in [4.69, 9.17) is 10.5 Å². The molecule has 1 aliphatic rings. The van der Waals surface area contributed by atoms with Crippen LogP contribution < -0.4 is 11.1 Å². The SMILES string of the molecule is CCOC(=O)c1cc(NC2CCS(=O)(=O)C2)ccc1N. The summed E-state index contributed by atoms with van der Waals surface area (Å²) in [7, 11) is -2.94. The van der Waals surface area contributed by atoms with Crippen molar-refractivity contribution in [3.8, 4) is 0 Å². The number of hydrogen-bond donors (Lipinski definition) is 2. The first-order valence-corrected chi connectivity index (χ1v) is 8.27. The largest absolute Gasteiger partial charge is 0.462 e. The highest BCUT2D eigenvalue weighted by atomic mass is 32.2. The van der Waals surface area contributed by atoms with Crippen molar-refractivity contribution in [2.75, 3.05) is 29.2 Å². The quantitative estimate of drug-likeness (QED) is 0.636. The van der Waals surface area contributed by atoms with Crippen LogP contribution in [0.15, 0.2) is 18.2 Å². The first-order valence-electron chi connectivity index (χ1n) is 6.45. The molecule has 0 radical (unpaired) electrons. The van der Waals surface area contributed by atoms with Crippen LogP contribution in [0.3, 0.4) is 0 Å². The molecule has 1 heterocycles. The number of carbonyl (C=O) groups excluding carboxylic acids is 1. The van der Waals surface area contributed by atoms with Crippen LogP contribution in [0.25, 0.3) is 0 Å². The lowest BCUT2D eigenvalue weighted by molar-refractivity contribution is 0.0527. The molecular weight excluding hydrogens is 280 g/mol. The number of anilines is 2. The third-order valence-electron chi connectivity index (χ3n) is 3.15. The molecule has 1 saturated heterocycles. The molecule has 0 amide bonds. The summed E-state index contributed by atoms with van der Waals surface area (Å²) in [6, 6.07) is 4.80. The molecule has 0 saturated carbocycles. The number of rotatable bonds is 4. The van der Waals surface area contributed by atoms with Gasteiger partial charge in [0, 0.05) is 17.4 Å². The standard InChI is InChI=1S/C13H18N2O4S/c1-2-19-13(16)11-7-9(3-4-12(11)14)15-10-5-6-20(17,18)8-10/h3-4,7,10,15H,2,5-6,8,14H2,1H3. The molecule has 1 aliphatic heterocycles. The maximum Gasteiger partial charge on any atom is 0.340 e. The van der Waals surface area contributed by atoms with E-state index in [0.717, 1.165) is 0 Å². The van der Waals surface area contributed by atoms with E-state index in [2.05, 4.69) is 5.32 Å². The fourth-order valence-corrected chi connectivity index (χ4v) is 3.85. The van der Waals surface area contributed by atoms with Gasteiger partial charge in [-0.2, -0.15) is 0 Å². The van der Waals surface area contributed by atoms with Gasteiger partial charge in [0.2, 0.25) is 0 Å². The maximum atomic E-state index is 11.7. The highest BCUT2D eigenvalue weighted by Gasteiger charge is 2.27. The van der Waals surface area contributed by atoms with Crippen LogP contribution in [0.5, 0.6) is 0 Å². The van der Waals surface area contributed by atoms with Crippen molar-refractivity contribution in [2.45, 2.75) is 19.4 Å². The molecule has 20 heavy (non-hydrogen) atoms. The Labute approximate surface area is 118 Å². The summed E-state index contributed by atoms with van der Waals surface area (Å²) >= 11 is 0. The monoisotopic (exact) mass is 298 g/mol. The fourth-order valence-electron chi connectivity index (χ4n) is 2.18. The summed E-state index contributed by atoms with van der Waals surface area (Å²) in [6.45, 7) is 2.00. The summed E-state index contributed by atoms with van der Waals surface area (Å²) in [5.74, 6) is -0.163. The van der Waals surface area contributed by atoms with Gasteiger partial charge in [0.1, 0.15) is 0 Å². The summed E-state index contributed by atoms with van der Waals surface area (Å²) < 4.78 is 27.7. The second kappa shape index (κ2) is 5.70. The van der Waals surface area contributed by atoms with Gasteiger partial charge in [0.15, 0.2) is 9.84 Å². The van der Waals surface area contributed by atoms with Crippen LogP contribution in [-0.4, -0.2) is 38.5 Å². The van der Waals surface area contributed by atoms with Crippen LogP contribution >= 0.6 is 0 Å². The second-order valence-corrected chi connectivity index (χ2v) is 7.00. The average Bonchev–Trinajstić information content (AvgIpc) is 2.71. The van der Waals surface area contributed by atoms with Crippen molar-refractivity contribution in [2.24, 2.45) is 0 Å². The molecule has 6 nitrogen and oxygen atoms in total. The topological polar surface area (TPSA) is 98.5 Å². The van der Waals surface area contributed by atoms with Gasteiger partial charge in [-0.15, -0.1) is 0 Å². The van der Waals surface area contributed by atoms with Gasteiger partial charge in [-0.1, -0.05) is 0 Å². The van der Waals surface area contributed by atoms with E-state index in [1.165, 1.54) is 0 Å². The average molecular weight is 298 g/mol. The molecule has 0 spiro atoms. The molecule has 1 atom stereocenters. The molecule has 1 fully saturated rings. The maximum absolute atomic E-state index is 11.7. The molecular formula is C13H18N2O4S. The molecule has 0 aliphatic carbocycles. The summed E-state index contributed by atoms with van der Waals surface area (Å²) in [5, 5.41) is 3.12. The first-order chi connectivity index (χ1) is 9.41. The Hall–Kier alpha value is -1.76. The minimum Gasteiger partial charge on any atom is -0.462 e. The molecule has 7 heteroatoms. The third kappa shape index (κ3) is 3.41. The summed E-state index contributed by atoms with van der Waals surface area (Å²) in [6.07, 6.45) is 0.571. The normalized spacial score (nSPS) is 20.6. The first kappa shape index (κ1) is 14.6. The number of benzene rings is 1. The second-order valence-electron chi connectivity index (χ2n) is 4.77. The fraction of sp³-hybridized carbons (Fsp3) is 0.462. The van der Waals surface area contributed by atoms with Crippen molar-refractivity contribution in [1.29, 1.82) is 0 Å². The van der Waals surface area contributed by atoms with Gasteiger partial charge in [0.05, 0.1) is 23.7 Å². The molecule has 0 bridgehead atoms. The number of nitrogens with two attached hydrogens (primary N) is 1. The third-order valence-corrected chi connectivity index (χ3v) is 4.92. The lowest BCUT2D eigenvalue weighted by Gasteiger charge is -2.14. The van der Waals surface area contributed by atoms with Crippen LogP contribution in [0, 0.1) is 0 Å². The lowest BCUT2D eigenvalue weighted by Crippen LogP contribution is -2.21. The van der Waals surface area contributed by atoms with Crippen molar-refractivity contribution in [3.63, 3.8) is 0 Å². The number of nitrogens with one attached hydrogen (secondary N) is 1. The molecule has 1 aromatic rings. The van der Waals surface area contributed by atoms with E-state index in [0.29, 0.717) is 17.8 Å². The number of nitrogen functional groups attached to an aromatic ring is 1. The Morgan fingerprint density at radius 3 is 2.85 bits per heavy atom. The van der Waals surface area contributed by atoms with E-state index in [9.17, 15) is 13.2 Å². The zero-order valence-corrected chi connectivity index (χ0v) is 12.1. The van der Waals surface area contributed by atoms with E-state index < -0.39 is 15.8 Å². The molecule has 1 unspecified atom stereocenters. The Morgan fingerprint density at radius 2 is 2.25 bits per heavy atom. The minimum absolute atomic E-state index is 0.117. The highest BCUT2D eigenvalue weighted by molar-refractivity contribution is 7.91. The van der Waals surface area contributed by atoms with E-state index in [1.54, 1.807) is 25.1 Å². The van der Waals surface area contributed by atoms with Crippen molar-refractivity contribution in [1.82, 2.24) is 0 Å². The van der Waals surface area contributed by atoms with Crippen molar-refractivity contribution in [3.05, 3.63) is 23.8 Å². The van der Waals surface area contributed by atoms with Crippen molar-refractivity contribution >= 4 is 27.2 Å². The molecule has 0 aromatic heterocycles. The van der Waals surface area contributed by atoms with Gasteiger partial charge in [-0.25, -0.2) is 13.2 Å². The zero-order valence-electron chi connectivity index (χ0n) is 11.3. The van der Waals surface area contributed by atoms with Gasteiger partial charge in [-0.3, -0.25) is 0 Å². The Morgan fingerprint density at radius 1 is 1.50 bits per heavy atom. The van der Waals surface area contributed by atoms with Crippen LogP contribution in [0.2, 0.25) is 0 Å². The highest BCUT2D eigenvalue weighted by Crippen LogP contribution is 2.22. The summed E-state index contributed by atoms with van der Waals surface area (Å²) in [4.78, 5) is 11.7. The Kier molecular flexibility index (Phi) is 4.17. The van der Waals surface area contributed by atoms with Crippen molar-refractivity contribution < 1.29 is 17.9 Å².